The lowest BCUT2D eigenvalue weighted by Gasteiger charge is -2.19. The van der Waals surface area contributed by atoms with E-state index >= 15 is 0 Å². The highest BCUT2D eigenvalue weighted by Gasteiger charge is 2.17. The van der Waals surface area contributed by atoms with Crippen LogP contribution in [-0.4, -0.2) is 23.8 Å². The van der Waals surface area contributed by atoms with Crippen molar-refractivity contribution >= 4 is 5.97 Å². The molecular weight excluding hydrogens is 410 g/mol. The number of ether oxygens (including phenoxy) is 2. The zero-order valence-electron chi connectivity index (χ0n) is 20.7. The fourth-order valence-corrected chi connectivity index (χ4v) is 4.15. The molecule has 0 N–H and O–H groups in total. The summed E-state index contributed by atoms with van der Waals surface area (Å²) in [7, 11) is 0. The summed E-state index contributed by atoms with van der Waals surface area (Å²) in [5.41, 5.74) is 5.87. The number of carbonyl (C=O) groups excluding carboxylic acids is 1. The Balaban J connectivity index is 1.98. The molecule has 0 aliphatic carbocycles. The molecule has 33 heavy (non-hydrogen) atoms. The zero-order chi connectivity index (χ0) is 23.8. The van der Waals surface area contributed by atoms with Crippen molar-refractivity contribution in [3.63, 3.8) is 0 Å². The Morgan fingerprint density at radius 2 is 1.82 bits per heavy atom. The zero-order valence-corrected chi connectivity index (χ0v) is 20.7. The predicted octanol–water partition coefficient (Wildman–Crippen LogP) is 7.53. The van der Waals surface area contributed by atoms with Crippen LogP contribution in [0.15, 0.2) is 54.6 Å². The molecule has 0 saturated heterocycles. The van der Waals surface area contributed by atoms with Gasteiger partial charge in [0.15, 0.2) is 0 Å². The van der Waals surface area contributed by atoms with Gasteiger partial charge in [0, 0.05) is 16.9 Å². The Hall–Kier alpha value is -3.01. The first kappa shape index (κ1) is 24.6. The highest BCUT2D eigenvalue weighted by molar-refractivity contribution is 5.90. The Morgan fingerprint density at radius 1 is 1.00 bits per heavy atom. The van der Waals surface area contributed by atoms with E-state index in [-0.39, 0.29) is 5.97 Å². The molecule has 0 radical (unpaired) electrons. The molecule has 3 rings (SSSR count). The molecule has 0 amide bonds. The summed E-state index contributed by atoms with van der Waals surface area (Å²) in [6.07, 6.45) is 4.77. The van der Waals surface area contributed by atoms with Crippen LogP contribution in [-0.2, 0) is 4.74 Å². The molecule has 176 valence electrons. The second kappa shape index (κ2) is 11.7. The van der Waals surface area contributed by atoms with E-state index in [1.807, 2.05) is 25.1 Å². The maximum absolute atomic E-state index is 12.3. The quantitative estimate of drug-likeness (QED) is 0.285. The van der Waals surface area contributed by atoms with Crippen LogP contribution in [0.2, 0.25) is 0 Å². The minimum Gasteiger partial charge on any atom is -0.493 e. The summed E-state index contributed by atoms with van der Waals surface area (Å²) in [5.74, 6) is 1.16. The van der Waals surface area contributed by atoms with Crippen molar-refractivity contribution in [2.75, 3.05) is 13.2 Å². The molecule has 0 fully saturated rings. The maximum atomic E-state index is 12.3. The Labute approximate surface area is 198 Å². The van der Waals surface area contributed by atoms with Gasteiger partial charge in [-0.3, -0.25) is 0 Å². The summed E-state index contributed by atoms with van der Waals surface area (Å²) in [6, 6.07) is 18.2. The van der Waals surface area contributed by atoms with E-state index in [2.05, 4.69) is 62.6 Å². The lowest BCUT2D eigenvalue weighted by atomic mass is 10.0. The SMILES string of the molecule is CCCCC(CC)COc1ccc(C)cc1-c1ccc(C)n1-c1cccc(C(=O)OCC)c1. The van der Waals surface area contributed by atoms with Crippen LogP contribution in [0.5, 0.6) is 5.75 Å². The number of nitrogens with zero attached hydrogens (tertiary/aromatic N) is 1. The summed E-state index contributed by atoms with van der Waals surface area (Å²) in [5, 5.41) is 0. The van der Waals surface area contributed by atoms with E-state index < -0.39 is 0 Å². The second-order valence-electron chi connectivity index (χ2n) is 8.69. The average molecular weight is 448 g/mol. The summed E-state index contributed by atoms with van der Waals surface area (Å²) >= 11 is 0. The van der Waals surface area contributed by atoms with E-state index in [1.54, 1.807) is 6.07 Å². The van der Waals surface area contributed by atoms with Gasteiger partial charge in [0.25, 0.3) is 0 Å². The topological polar surface area (TPSA) is 40.5 Å². The largest absolute Gasteiger partial charge is 0.493 e. The molecule has 1 atom stereocenters. The van der Waals surface area contributed by atoms with Crippen LogP contribution >= 0.6 is 0 Å². The number of aromatic nitrogens is 1. The normalized spacial score (nSPS) is 11.9. The number of unbranched alkanes of at least 4 members (excludes halogenated alkanes) is 1. The van der Waals surface area contributed by atoms with Crippen molar-refractivity contribution in [1.82, 2.24) is 4.57 Å². The van der Waals surface area contributed by atoms with Crippen molar-refractivity contribution in [3.8, 4) is 22.7 Å². The highest BCUT2D eigenvalue weighted by Crippen LogP contribution is 2.35. The maximum Gasteiger partial charge on any atom is 0.338 e. The molecule has 0 aliphatic rings. The van der Waals surface area contributed by atoms with Crippen LogP contribution in [0.25, 0.3) is 16.9 Å². The van der Waals surface area contributed by atoms with E-state index in [9.17, 15) is 4.79 Å². The van der Waals surface area contributed by atoms with Crippen molar-refractivity contribution < 1.29 is 14.3 Å². The van der Waals surface area contributed by atoms with Crippen molar-refractivity contribution in [1.29, 1.82) is 0 Å². The summed E-state index contributed by atoms with van der Waals surface area (Å²) < 4.78 is 13.8. The average Bonchev–Trinajstić information content (AvgIpc) is 3.21. The van der Waals surface area contributed by atoms with Crippen molar-refractivity contribution in [3.05, 3.63) is 71.4 Å². The first-order chi connectivity index (χ1) is 16.0. The van der Waals surface area contributed by atoms with Gasteiger partial charge < -0.3 is 14.0 Å². The van der Waals surface area contributed by atoms with Gasteiger partial charge in [0.1, 0.15) is 5.75 Å². The van der Waals surface area contributed by atoms with Gasteiger partial charge in [-0.2, -0.15) is 0 Å². The molecule has 2 aromatic carbocycles. The molecule has 0 spiro atoms. The Bertz CT molecular complexity index is 1070. The van der Waals surface area contributed by atoms with Crippen molar-refractivity contribution in [2.45, 2.75) is 60.3 Å². The third-order valence-corrected chi connectivity index (χ3v) is 6.12. The van der Waals surface area contributed by atoms with E-state index in [0.29, 0.717) is 18.1 Å². The first-order valence-electron chi connectivity index (χ1n) is 12.2. The molecule has 3 aromatic rings. The number of benzene rings is 2. The van der Waals surface area contributed by atoms with Crippen LogP contribution in [0.1, 0.15) is 68.1 Å². The van der Waals surface area contributed by atoms with E-state index in [4.69, 9.17) is 9.47 Å². The Morgan fingerprint density at radius 3 is 2.55 bits per heavy atom. The fourth-order valence-electron chi connectivity index (χ4n) is 4.15. The monoisotopic (exact) mass is 447 g/mol. The molecule has 1 unspecified atom stereocenters. The predicted molar refractivity (Wildman–Crippen MR) is 135 cm³/mol. The van der Waals surface area contributed by atoms with Gasteiger partial charge in [-0.05, 0) is 75.6 Å². The van der Waals surface area contributed by atoms with Crippen LogP contribution in [0.4, 0.5) is 0 Å². The third kappa shape index (κ3) is 6.07. The second-order valence-corrected chi connectivity index (χ2v) is 8.69. The van der Waals surface area contributed by atoms with Crippen LogP contribution in [0, 0.1) is 19.8 Å². The third-order valence-electron chi connectivity index (χ3n) is 6.12. The van der Waals surface area contributed by atoms with Crippen molar-refractivity contribution in [2.24, 2.45) is 5.92 Å². The minimum absolute atomic E-state index is 0.303. The van der Waals surface area contributed by atoms with Crippen LogP contribution in [0.3, 0.4) is 0 Å². The van der Waals surface area contributed by atoms with Gasteiger partial charge in [-0.15, -0.1) is 0 Å². The van der Waals surface area contributed by atoms with E-state index in [1.165, 1.54) is 24.8 Å². The summed E-state index contributed by atoms with van der Waals surface area (Å²) in [4.78, 5) is 12.3. The minimum atomic E-state index is -0.303. The smallest absolute Gasteiger partial charge is 0.338 e. The molecule has 1 heterocycles. The van der Waals surface area contributed by atoms with Gasteiger partial charge in [-0.1, -0.05) is 50.8 Å². The lowest BCUT2D eigenvalue weighted by molar-refractivity contribution is 0.0526. The first-order valence-corrected chi connectivity index (χ1v) is 12.2. The molecule has 0 aliphatic heterocycles. The number of esters is 1. The highest BCUT2D eigenvalue weighted by atomic mass is 16.5. The van der Waals surface area contributed by atoms with Crippen LogP contribution < -0.4 is 4.74 Å². The lowest BCUT2D eigenvalue weighted by Crippen LogP contribution is -2.12. The van der Waals surface area contributed by atoms with Gasteiger partial charge >= 0.3 is 5.97 Å². The number of hydrogen-bond acceptors (Lipinski definition) is 3. The standard InChI is InChI=1S/C29H37NO3/c1-6-9-11-23(7-2)20-33-28-17-14-21(4)18-26(28)27-16-15-22(5)30(27)25-13-10-12-24(19-25)29(31)32-8-3/h10,12-19,23H,6-9,11,20H2,1-5H3. The van der Waals surface area contributed by atoms with E-state index in [0.717, 1.165) is 41.4 Å². The Kier molecular flexibility index (Phi) is 8.76. The molecular formula is C29H37NO3. The number of aryl methyl sites for hydroxylation is 2. The number of carbonyl (C=O) groups is 1. The van der Waals surface area contributed by atoms with Gasteiger partial charge in [0.2, 0.25) is 0 Å². The number of rotatable bonds is 11. The molecule has 4 heteroatoms. The molecule has 4 nitrogen and oxygen atoms in total. The fraction of sp³-hybridized carbons (Fsp3) is 0.414. The number of hydrogen-bond donors (Lipinski definition) is 0. The van der Waals surface area contributed by atoms with Gasteiger partial charge in [-0.25, -0.2) is 4.79 Å². The molecule has 0 bridgehead atoms. The summed E-state index contributed by atoms with van der Waals surface area (Å²) in [6.45, 7) is 11.6. The van der Waals surface area contributed by atoms with Gasteiger partial charge in [0.05, 0.1) is 24.5 Å². The molecule has 0 saturated carbocycles. The molecule has 1 aromatic heterocycles.